The summed E-state index contributed by atoms with van der Waals surface area (Å²) < 4.78 is 0. The standard InChI is InChI=1S/C18H24N4O2S/c1-5-13(6-2)17-21-22-18(25-17)20-15(23)10-19-16(24)14-8-11(3)7-12(4)9-14/h7-9,13H,5-6,10H2,1-4H3,(H,19,24)(H,20,22,23). The second kappa shape index (κ2) is 8.71. The minimum atomic E-state index is -0.315. The van der Waals surface area contributed by atoms with Gasteiger partial charge in [-0.2, -0.15) is 0 Å². The topological polar surface area (TPSA) is 84.0 Å². The normalized spacial score (nSPS) is 10.8. The fourth-order valence-electron chi connectivity index (χ4n) is 2.62. The summed E-state index contributed by atoms with van der Waals surface area (Å²) in [6, 6.07) is 5.59. The first-order valence-corrected chi connectivity index (χ1v) is 9.24. The number of carbonyl (C=O) groups excluding carboxylic acids is 2. The van der Waals surface area contributed by atoms with Gasteiger partial charge in [-0.15, -0.1) is 10.2 Å². The summed E-state index contributed by atoms with van der Waals surface area (Å²) in [6.45, 7) is 7.98. The van der Waals surface area contributed by atoms with Gasteiger partial charge in [-0.1, -0.05) is 42.4 Å². The molecule has 2 rings (SSSR count). The Balaban J connectivity index is 1.89. The van der Waals surface area contributed by atoms with Crippen LogP contribution in [-0.4, -0.2) is 28.6 Å². The van der Waals surface area contributed by atoms with E-state index in [1.54, 1.807) is 12.1 Å². The summed E-state index contributed by atoms with van der Waals surface area (Å²) >= 11 is 1.39. The molecule has 134 valence electrons. The summed E-state index contributed by atoms with van der Waals surface area (Å²) in [5, 5.41) is 14.9. The van der Waals surface area contributed by atoms with Crippen molar-refractivity contribution in [3.05, 3.63) is 39.9 Å². The van der Waals surface area contributed by atoms with E-state index in [9.17, 15) is 9.59 Å². The van der Waals surface area contributed by atoms with E-state index in [2.05, 4.69) is 34.7 Å². The van der Waals surface area contributed by atoms with Crippen LogP contribution in [0.5, 0.6) is 0 Å². The quantitative estimate of drug-likeness (QED) is 0.792. The van der Waals surface area contributed by atoms with Crippen molar-refractivity contribution in [2.75, 3.05) is 11.9 Å². The van der Waals surface area contributed by atoms with Gasteiger partial charge in [0.05, 0.1) is 6.54 Å². The fraction of sp³-hybridized carbons (Fsp3) is 0.444. The van der Waals surface area contributed by atoms with Gasteiger partial charge in [-0.25, -0.2) is 0 Å². The molecule has 0 saturated carbocycles. The fourth-order valence-corrected chi connectivity index (χ4v) is 3.65. The first-order chi connectivity index (χ1) is 11.9. The van der Waals surface area contributed by atoms with Crippen LogP contribution in [0, 0.1) is 13.8 Å². The van der Waals surface area contributed by atoms with Crippen LogP contribution in [0.1, 0.15) is 59.1 Å². The first-order valence-electron chi connectivity index (χ1n) is 8.42. The molecule has 0 radical (unpaired) electrons. The molecule has 0 saturated heterocycles. The van der Waals surface area contributed by atoms with Crippen LogP contribution in [0.4, 0.5) is 5.13 Å². The van der Waals surface area contributed by atoms with Crippen molar-refractivity contribution < 1.29 is 9.59 Å². The number of hydrogen-bond acceptors (Lipinski definition) is 5. The zero-order chi connectivity index (χ0) is 18.4. The highest BCUT2D eigenvalue weighted by atomic mass is 32.1. The van der Waals surface area contributed by atoms with Gasteiger partial charge in [0.15, 0.2) is 0 Å². The SMILES string of the molecule is CCC(CC)c1nnc(NC(=O)CNC(=O)c2cc(C)cc(C)c2)s1. The third-order valence-corrected chi connectivity index (χ3v) is 4.92. The number of aryl methyl sites for hydroxylation is 2. The number of carbonyl (C=O) groups is 2. The van der Waals surface area contributed by atoms with Gasteiger partial charge in [-0.05, 0) is 38.8 Å². The maximum atomic E-state index is 12.2. The lowest BCUT2D eigenvalue weighted by Gasteiger charge is -2.07. The lowest BCUT2D eigenvalue weighted by atomic mass is 10.1. The Morgan fingerprint density at radius 2 is 1.72 bits per heavy atom. The highest BCUT2D eigenvalue weighted by molar-refractivity contribution is 7.15. The number of nitrogens with one attached hydrogen (secondary N) is 2. The van der Waals surface area contributed by atoms with Crippen molar-refractivity contribution in [2.24, 2.45) is 0 Å². The highest BCUT2D eigenvalue weighted by Gasteiger charge is 2.15. The van der Waals surface area contributed by atoms with Gasteiger partial charge in [-0.3, -0.25) is 14.9 Å². The number of anilines is 1. The van der Waals surface area contributed by atoms with Gasteiger partial charge in [0.25, 0.3) is 5.91 Å². The Morgan fingerprint density at radius 1 is 1.08 bits per heavy atom. The van der Waals surface area contributed by atoms with Crippen LogP contribution in [0.3, 0.4) is 0 Å². The van der Waals surface area contributed by atoms with E-state index >= 15 is 0 Å². The van der Waals surface area contributed by atoms with E-state index in [1.165, 1.54) is 11.3 Å². The molecule has 0 unspecified atom stereocenters. The summed E-state index contributed by atoms with van der Waals surface area (Å²) in [4.78, 5) is 24.2. The molecule has 0 atom stereocenters. The van der Waals surface area contributed by atoms with E-state index in [-0.39, 0.29) is 18.4 Å². The summed E-state index contributed by atoms with van der Waals surface area (Å²) in [5.74, 6) is -0.214. The number of hydrogen-bond donors (Lipinski definition) is 2. The minimum absolute atomic E-state index is 0.105. The number of amides is 2. The lowest BCUT2D eigenvalue weighted by Crippen LogP contribution is -2.32. The van der Waals surface area contributed by atoms with Gasteiger partial charge in [0, 0.05) is 11.5 Å². The Hall–Kier alpha value is -2.28. The molecule has 1 aromatic carbocycles. The molecule has 6 nitrogen and oxygen atoms in total. The highest BCUT2D eigenvalue weighted by Crippen LogP contribution is 2.27. The smallest absolute Gasteiger partial charge is 0.251 e. The summed E-state index contributed by atoms with van der Waals surface area (Å²) in [6.07, 6.45) is 1.98. The Labute approximate surface area is 152 Å². The molecular weight excluding hydrogens is 336 g/mol. The van der Waals surface area contributed by atoms with Crippen molar-refractivity contribution in [3.8, 4) is 0 Å². The number of nitrogens with zero attached hydrogens (tertiary/aromatic N) is 2. The average Bonchev–Trinajstić information content (AvgIpc) is 3.01. The molecule has 7 heteroatoms. The molecule has 0 aliphatic carbocycles. The molecule has 0 fully saturated rings. The summed E-state index contributed by atoms with van der Waals surface area (Å²) in [5.41, 5.74) is 2.58. The van der Waals surface area contributed by atoms with E-state index in [0.29, 0.717) is 16.6 Å². The van der Waals surface area contributed by atoms with Crippen LogP contribution >= 0.6 is 11.3 Å². The molecule has 0 aliphatic rings. The number of benzene rings is 1. The molecule has 2 aromatic rings. The Kier molecular flexibility index (Phi) is 6.64. The molecule has 2 amide bonds. The third-order valence-electron chi connectivity index (χ3n) is 3.92. The van der Waals surface area contributed by atoms with Crippen molar-refractivity contribution >= 4 is 28.3 Å². The zero-order valence-corrected chi connectivity index (χ0v) is 15.9. The van der Waals surface area contributed by atoms with E-state index in [0.717, 1.165) is 29.0 Å². The molecule has 0 spiro atoms. The summed E-state index contributed by atoms with van der Waals surface area (Å²) in [7, 11) is 0. The van der Waals surface area contributed by atoms with Crippen LogP contribution in [0.25, 0.3) is 0 Å². The van der Waals surface area contributed by atoms with Gasteiger partial charge in [0.2, 0.25) is 11.0 Å². The molecule has 1 aromatic heterocycles. The molecule has 2 N–H and O–H groups in total. The molecule has 0 aliphatic heterocycles. The molecule has 1 heterocycles. The number of rotatable bonds is 7. The maximum Gasteiger partial charge on any atom is 0.251 e. The monoisotopic (exact) mass is 360 g/mol. The maximum absolute atomic E-state index is 12.2. The van der Waals surface area contributed by atoms with E-state index in [1.807, 2.05) is 19.9 Å². The second-order valence-corrected chi connectivity index (χ2v) is 7.08. The molecule has 25 heavy (non-hydrogen) atoms. The van der Waals surface area contributed by atoms with Crippen LogP contribution < -0.4 is 10.6 Å². The van der Waals surface area contributed by atoms with Crippen molar-refractivity contribution in [1.29, 1.82) is 0 Å². The Morgan fingerprint density at radius 3 is 2.32 bits per heavy atom. The van der Waals surface area contributed by atoms with E-state index in [4.69, 9.17) is 0 Å². The van der Waals surface area contributed by atoms with E-state index < -0.39 is 0 Å². The van der Waals surface area contributed by atoms with Crippen LogP contribution in [-0.2, 0) is 4.79 Å². The Bertz CT molecular complexity index is 733. The first kappa shape index (κ1) is 19.1. The van der Waals surface area contributed by atoms with Gasteiger partial charge < -0.3 is 5.32 Å². The van der Waals surface area contributed by atoms with Crippen LogP contribution in [0.15, 0.2) is 18.2 Å². The zero-order valence-electron chi connectivity index (χ0n) is 15.0. The minimum Gasteiger partial charge on any atom is -0.343 e. The largest absolute Gasteiger partial charge is 0.343 e. The molecular formula is C18H24N4O2S. The van der Waals surface area contributed by atoms with Crippen molar-refractivity contribution in [1.82, 2.24) is 15.5 Å². The second-order valence-electron chi connectivity index (χ2n) is 6.07. The van der Waals surface area contributed by atoms with Crippen molar-refractivity contribution in [2.45, 2.75) is 46.5 Å². The lowest BCUT2D eigenvalue weighted by molar-refractivity contribution is -0.115. The van der Waals surface area contributed by atoms with Crippen LogP contribution in [0.2, 0.25) is 0 Å². The number of aromatic nitrogens is 2. The average molecular weight is 360 g/mol. The molecule has 0 bridgehead atoms. The predicted octanol–water partition coefficient (Wildman–Crippen LogP) is 3.43. The van der Waals surface area contributed by atoms with Gasteiger partial charge in [0.1, 0.15) is 5.01 Å². The third kappa shape index (κ3) is 5.35. The van der Waals surface area contributed by atoms with Crippen molar-refractivity contribution in [3.63, 3.8) is 0 Å². The predicted molar refractivity (Wildman–Crippen MR) is 100 cm³/mol. The van der Waals surface area contributed by atoms with Gasteiger partial charge >= 0.3 is 0 Å².